The molecule has 0 aliphatic heterocycles. The van der Waals surface area contributed by atoms with E-state index in [4.69, 9.17) is 5.26 Å². The lowest BCUT2D eigenvalue weighted by Gasteiger charge is -2.01. The molecule has 0 heterocycles. The average Bonchev–Trinajstić information content (AvgIpc) is 2.01. The second-order valence-electron chi connectivity index (χ2n) is 2.37. The lowest BCUT2D eigenvalue weighted by atomic mass is 10.1. The fraction of sp³-hybridized carbons (Fsp3) is 0.750. The van der Waals surface area contributed by atoms with Crippen molar-refractivity contribution >= 4 is 5.97 Å². The second kappa shape index (κ2) is 5.72. The van der Waals surface area contributed by atoms with E-state index in [2.05, 4.69) is 10.8 Å². The number of carbonyl (C=O) groups is 1. The first kappa shape index (κ1) is 9.96. The minimum atomic E-state index is -0.213. The lowest BCUT2D eigenvalue weighted by Crippen LogP contribution is -2.05. The van der Waals surface area contributed by atoms with Crippen molar-refractivity contribution in [1.82, 2.24) is 0 Å². The molecule has 0 radical (unpaired) electrons. The Morgan fingerprint density at radius 3 is 2.82 bits per heavy atom. The smallest absolute Gasteiger partial charge is 0.305 e. The maximum absolute atomic E-state index is 10.7. The third-order valence-electron chi connectivity index (χ3n) is 1.31. The number of ether oxygens (including phenoxy) is 1. The second-order valence-corrected chi connectivity index (χ2v) is 2.37. The van der Waals surface area contributed by atoms with Crippen LogP contribution in [0.3, 0.4) is 0 Å². The first-order valence-corrected chi connectivity index (χ1v) is 3.76. The third kappa shape index (κ3) is 5.41. The molecule has 0 aromatic heterocycles. The Morgan fingerprint density at radius 2 is 2.36 bits per heavy atom. The molecule has 0 aliphatic carbocycles. The first-order chi connectivity index (χ1) is 5.20. The van der Waals surface area contributed by atoms with Crippen molar-refractivity contribution in [3.63, 3.8) is 0 Å². The number of nitrogens with zero attached hydrogens (tertiary/aromatic N) is 1. The number of rotatable bonds is 4. The maximum Gasteiger partial charge on any atom is 0.305 e. The Labute approximate surface area is 67.0 Å². The summed E-state index contributed by atoms with van der Waals surface area (Å²) < 4.78 is 4.69. The van der Waals surface area contributed by atoms with Crippen LogP contribution in [-0.4, -0.2) is 12.6 Å². The van der Waals surface area contributed by atoms with Crippen molar-refractivity contribution in [3.8, 4) is 6.07 Å². The molecular weight excluding hydrogens is 142 g/mol. The molecule has 62 valence electrons. The Kier molecular flexibility index (Phi) is 5.18. The predicted molar refractivity (Wildman–Crippen MR) is 40.6 cm³/mol. The number of esters is 1. The Hall–Kier alpha value is -1.04. The van der Waals surface area contributed by atoms with Gasteiger partial charge >= 0.3 is 5.97 Å². The predicted octanol–water partition coefficient (Wildman–Crippen LogP) is 1.49. The van der Waals surface area contributed by atoms with E-state index < -0.39 is 0 Å². The minimum Gasteiger partial charge on any atom is -0.466 e. The van der Waals surface area contributed by atoms with Gasteiger partial charge in [0, 0.05) is 12.3 Å². The minimum absolute atomic E-state index is 0.0561. The quantitative estimate of drug-likeness (QED) is 0.578. The van der Waals surface area contributed by atoms with Gasteiger partial charge in [0.05, 0.1) is 12.7 Å². The standard InChI is InChI=1S/C8H13NO2/c1-3-11-8(10)5-4-7(2)6-9/h7H,3-5H2,1-2H3. The van der Waals surface area contributed by atoms with Gasteiger partial charge in [-0.1, -0.05) is 0 Å². The molecule has 1 atom stereocenters. The SMILES string of the molecule is CCOC(=O)CCC(C)C#N. The zero-order valence-electron chi connectivity index (χ0n) is 6.96. The van der Waals surface area contributed by atoms with Gasteiger partial charge in [-0.3, -0.25) is 4.79 Å². The molecule has 0 aliphatic rings. The Morgan fingerprint density at radius 1 is 1.73 bits per heavy atom. The molecule has 0 fully saturated rings. The molecule has 0 N–H and O–H groups in total. The monoisotopic (exact) mass is 155 g/mol. The number of nitriles is 1. The molecule has 0 bridgehead atoms. The summed E-state index contributed by atoms with van der Waals surface area (Å²) in [5.74, 6) is -0.269. The van der Waals surface area contributed by atoms with Crippen LogP contribution in [0.25, 0.3) is 0 Å². The van der Waals surface area contributed by atoms with Gasteiger partial charge in [0.15, 0.2) is 0 Å². The van der Waals surface area contributed by atoms with E-state index in [9.17, 15) is 4.79 Å². The van der Waals surface area contributed by atoms with Crippen molar-refractivity contribution < 1.29 is 9.53 Å². The molecule has 0 saturated heterocycles. The van der Waals surface area contributed by atoms with Gasteiger partial charge in [-0.05, 0) is 20.3 Å². The van der Waals surface area contributed by atoms with Gasteiger partial charge in [0.2, 0.25) is 0 Å². The van der Waals surface area contributed by atoms with Crippen LogP contribution in [-0.2, 0) is 9.53 Å². The molecule has 0 amide bonds. The van der Waals surface area contributed by atoms with E-state index >= 15 is 0 Å². The Bertz CT molecular complexity index is 160. The summed E-state index contributed by atoms with van der Waals surface area (Å²) in [4.78, 5) is 10.7. The highest BCUT2D eigenvalue weighted by molar-refractivity contribution is 5.69. The zero-order chi connectivity index (χ0) is 8.69. The van der Waals surface area contributed by atoms with Crippen LogP contribution < -0.4 is 0 Å². The molecule has 0 saturated carbocycles. The summed E-state index contributed by atoms with van der Waals surface area (Å²) in [7, 11) is 0. The van der Waals surface area contributed by atoms with E-state index in [-0.39, 0.29) is 11.9 Å². The van der Waals surface area contributed by atoms with Crippen molar-refractivity contribution in [1.29, 1.82) is 5.26 Å². The van der Waals surface area contributed by atoms with Crippen LogP contribution in [0.4, 0.5) is 0 Å². The van der Waals surface area contributed by atoms with Crippen LogP contribution in [0, 0.1) is 17.2 Å². The van der Waals surface area contributed by atoms with E-state index in [1.165, 1.54) is 0 Å². The van der Waals surface area contributed by atoms with Crippen molar-refractivity contribution in [3.05, 3.63) is 0 Å². The summed E-state index contributed by atoms with van der Waals surface area (Å²) >= 11 is 0. The highest BCUT2D eigenvalue weighted by Crippen LogP contribution is 2.03. The molecule has 3 heteroatoms. The third-order valence-corrected chi connectivity index (χ3v) is 1.31. The number of hydrogen-bond donors (Lipinski definition) is 0. The maximum atomic E-state index is 10.7. The number of carbonyl (C=O) groups excluding carboxylic acids is 1. The van der Waals surface area contributed by atoms with Crippen LogP contribution >= 0.6 is 0 Å². The summed E-state index contributed by atoms with van der Waals surface area (Å²) in [6, 6.07) is 2.05. The van der Waals surface area contributed by atoms with Crippen LogP contribution in [0.2, 0.25) is 0 Å². The highest BCUT2D eigenvalue weighted by atomic mass is 16.5. The van der Waals surface area contributed by atoms with E-state index in [0.29, 0.717) is 19.4 Å². The van der Waals surface area contributed by atoms with E-state index in [0.717, 1.165) is 0 Å². The van der Waals surface area contributed by atoms with Crippen molar-refractivity contribution in [2.75, 3.05) is 6.61 Å². The normalized spacial score (nSPS) is 11.7. The molecule has 1 unspecified atom stereocenters. The molecule has 11 heavy (non-hydrogen) atoms. The summed E-state index contributed by atoms with van der Waals surface area (Å²) in [6.45, 7) is 3.98. The van der Waals surface area contributed by atoms with Crippen LogP contribution in [0.1, 0.15) is 26.7 Å². The van der Waals surface area contributed by atoms with Gasteiger partial charge in [0.25, 0.3) is 0 Å². The van der Waals surface area contributed by atoms with Gasteiger partial charge in [0.1, 0.15) is 0 Å². The largest absolute Gasteiger partial charge is 0.466 e. The zero-order valence-corrected chi connectivity index (χ0v) is 6.96. The summed E-state index contributed by atoms with van der Waals surface area (Å²) in [5.41, 5.74) is 0. The average molecular weight is 155 g/mol. The highest BCUT2D eigenvalue weighted by Gasteiger charge is 2.05. The van der Waals surface area contributed by atoms with Crippen LogP contribution in [0.5, 0.6) is 0 Å². The summed E-state index contributed by atoms with van der Waals surface area (Å²) in [5, 5.41) is 8.38. The fourth-order valence-corrected chi connectivity index (χ4v) is 0.632. The van der Waals surface area contributed by atoms with Gasteiger partial charge in [-0.2, -0.15) is 5.26 Å². The molecule has 3 nitrogen and oxygen atoms in total. The van der Waals surface area contributed by atoms with Crippen molar-refractivity contribution in [2.24, 2.45) is 5.92 Å². The van der Waals surface area contributed by atoms with E-state index in [1.807, 2.05) is 0 Å². The molecular formula is C8H13NO2. The Balaban J connectivity index is 3.39. The lowest BCUT2D eigenvalue weighted by molar-refractivity contribution is -0.143. The summed E-state index contributed by atoms with van der Waals surface area (Å²) in [6.07, 6.45) is 0.942. The van der Waals surface area contributed by atoms with Crippen molar-refractivity contribution in [2.45, 2.75) is 26.7 Å². The molecule has 0 aromatic carbocycles. The first-order valence-electron chi connectivity index (χ1n) is 3.76. The van der Waals surface area contributed by atoms with Crippen LogP contribution in [0.15, 0.2) is 0 Å². The molecule has 0 rings (SSSR count). The topological polar surface area (TPSA) is 50.1 Å². The van der Waals surface area contributed by atoms with Gasteiger partial charge in [-0.25, -0.2) is 0 Å². The number of hydrogen-bond acceptors (Lipinski definition) is 3. The van der Waals surface area contributed by atoms with Gasteiger partial charge in [-0.15, -0.1) is 0 Å². The fourth-order valence-electron chi connectivity index (χ4n) is 0.632. The van der Waals surface area contributed by atoms with Gasteiger partial charge < -0.3 is 4.74 Å². The van der Waals surface area contributed by atoms with E-state index in [1.54, 1.807) is 13.8 Å². The molecule has 0 spiro atoms. The molecule has 0 aromatic rings.